The van der Waals surface area contributed by atoms with Crippen LogP contribution < -0.4 is 15.4 Å². The van der Waals surface area contributed by atoms with E-state index in [2.05, 4.69) is 10.6 Å². The van der Waals surface area contributed by atoms with Crippen molar-refractivity contribution < 1.29 is 9.53 Å². The highest BCUT2D eigenvalue weighted by Crippen LogP contribution is 2.13. The van der Waals surface area contributed by atoms with Gasteiger partial charge in [-0.2, -0.15) is 0 Å². The van der Waals surface area contributed by atoms with Crippen LogP contribution in [0.2, 0.25) is 0 Å². The minimum atomic E-state index is -0.0367. The smallest absolute Gasteiger partial charge is 0.221 e. The summed E-state index contributed by atoms with van der Waals surface area (Å²) < 4.78 is 5.72. The van der Waals surface area contributed by atoms with E-state index >= 15 is 0 Å². The van der Waals surface area contributed by atoms with Crippen molar-refractivity contribution in [2.75, 3.05) is 20.1 Å². The van der Waals surface area contributed by atoms with Gasteiger partial charge in [0.25, 0.3) is 0 Å². The SMILES string of the molecule is CNCCC(=O)NCC(C)Oc1cccc(C)c1. The minimum Gasteiger partial charge on any atom is -0.489 e. The second-order valence-corrected chi connectivity index (χ2v) is 4.40. The Bertz CT molecular complexity index is 380. The Kier molecular flexibility index (Phi) is 6.22. The molecule has 0 spiro atoms. The highest BCUT2D eigenvalue weighted by atomic mass is 16.5. The molecule has 0 saturated carbocycles. The Balaban J connectivity index is 2.29. The molecule has 0 radical (unpaired) electrons. The molecule has 18 heavy (non-hydrogen) atoms. The van der Waals surface area contributed by atoms with E-state index < -0.39 is 0 Å². The molecular weight excluding hydrogens is 228 g/mol. The molecule has 0 aliphatic rings. The van der Waals surface area contributed by atoms with Crippen LogP contribution in [0, 0.1) is 6.92 Å². The summed E-state index contributed by atoms with van der Waals surface area (Å²) in [6.07, 6.45) is 0.457. The summed E-state index contributed by atoms with van der Waals surface area (Å²) in [6.45, 7) is 5.19. The van der Waals surface area contributed by atoms with Crippen LogP contribution >= 0.6 is 0 Å². The van der Waals surface area contributed by atoms with Crippen LogP contribution in [0.25, 0.3) is 0 Å². The normalized spacial score (nSPS) is 11.9. The van der Waals surface area contributed by atoms with E-state index in [0.29, 0.717) is 19.5 Å². The van der Waals surface area contributed by atoms with Crippen LogP contribution in [-0.2, 0) is 4.79 Å². The first-order valence-electron chi connectivity index (χ1n) is 6.26. The molecule has 0 fully saturated rings. The molecular formula is C14H22N2O2. The van der Waals surface area contributed by atoms with E-state index in [4.69, 9.17) is 4.74 Å². The summed E-state index contributed by atoms with van der Waals surface area (Å²) in [5.41, 5.74) is 1.16. The van der Waals surface area contributed by atoms with Crippen molar-refractivity contribution in [1.29, 1.82) is 0 Å². The summed E-state index contributed by atoms with van der Waals surface area (Å²) in [5.74, 6) is 0.885. The van der Waals surface area contributed by atoms with E-state index in [-0.39, 0.29) is 12.0 Å². The lowest BCUT2D eigenvalue weighted by atomic mass is 10.2. The standard InChI is InChI=1S/C14H22N2O2/c1-11-5-4-6-13(9-11)18-12(2)10-16-14(17)7-8-15-3/h4-6,9,12,15H,7-8,10H2,1-3H3,(H,16,17). The van der Waals surface area contributed by atoms with Crippen LogP contribution in [-0.4, -0.2) is 32.1 Å². The number of aryl methyl sites for hydroxylation is 1. The molecule has 100 valence electrons. The van der Waals surface area contributed by atoms with Gasteiger partial charge in [0.2, 0.25) is 5.91 Å². The Morgan fingerprint density at radius 1 is 1.44 bits per heavy atom. The zero-order valence-electron chi connectivity index (χ0n) is 11.3. The van der Waals surface area contributed by atoms with Gasteiger partial charge in [-0.15, -0.1) is 0 Å². The molecule has 2 N–H and O–H groups in total. The third-order valence-corrected chi connectivity index (χ3v) is 2.52. The zero-order valence-corrected chi connectivity index (χ0v) is 11.3. The Hall–Kier alpha value is -1.55. The van der Waals surface area contributed by atoms with Gasteiger partial charge >= 0.3 is 0 Å². The maximum atomic E-state index is 11.4. The molecule has 0 aliphatic carbocycles. The fourth-order valence-corrected chi connectivity index (χ4v) is 1.55. The molecule has 0 heterocycles. The third kappa shape index (κ3) is 5.68. The van der Waals surface area contributed by atoms with Gasteiger partial charge in [-0.25, -0.2) is 0 Å². The van der Waals surface area contributed by atoms with Gasteiger partial charge in [-0.1, -0.05) is 12.1 Å². The molecule has 0 saturated heterocycles. The van der Waals surface area contributed by atoms with Gasteiger partial charge < -0.3 is 15.4 Å². The topological polar surface area (TPSA) is 50.4 Å². The number of hydrogen-bond donors (Lipinski definition) is 2. The van der Waals surface area contributed by atoms with Crippen molar-refractivity contribution in [2.45, 2.75) is 26.4 Å². The first-order chi connectivity index (χ1) is 8.61. The van der Waals surface area contributed by atoms with Crippen LogP contribution in [0.15, 0.2) is 24.3 Å². The summed E-state index contributed by atoms with van der Waals surface area (Å²) in [6, 6.07) is 7.89. The van der Waals surface area contributed by atoms with Crippen molar-refractivity contribution >= 4 is 5.91 Å². The molecule has 0 aliphatic heterocycles. The number of amides is 1. The number of carbonyl (C=O) groups excluding carboxylic acids is 1. The van der Waals surface area contributed by atoms with E-state index in [9.17, 15) is 4.79 Å². The van der Waals surface area contributed by atoms with Gasteiger partial charge in [-0.05, 0) is 38.6 Å². The fraction of sp³-hybridized carbons (Fsp3) is 0.500. The molecule has 1 unspecified atom stereocenters. The molecule has 4 nitrogen and oxygen atoms in total. The molecule has 0 aromatic heterocycles. The highest BCUT2D eigenvalue weighted by molar-refractivity contribution is 5.76. The number of rotatable bonds is 7. The van der Waals surface area contributed by atoms with Crippen LogP contribution in [0.1, 0.15) is 18.9 Å². The average Bonchev–Trinajstić information content (AvgIpc) is 2.34. The number of nitrogens with one attached hydrogen (secondary N) is 2. The average molecular weight is 250 g/mol. The largest absolute Gasteiger partial charge is 0.489 e. The second-order valence-electron chi connectivity index (χ2n) is 4.40. The van der Waals surface area contributed by atoms with Gasteiger partial charge in [0.05, 0.1) is 6.54 Å². The lowest BCUT2D eigenvalue weighted by molar-refractivity contribution is -0.121. The predicted octanol–water partition coefficient (Wildman–Crippen LogP) is 1.49. The van der Waals surface area contributed by atoms with Gasteiger partial charge in [0, 0.05) is 13.0 Å². The van der Waals surface area contributed by atoms with Crippen LogP contribution in [0.3, 0.4) is 0 Å². The Labute approximate surface area is 109 Å². The predicted molar refractivity (Wildman–Crippen MR) is 72.8 cm³/mol. The first-order valence-corrected chi connectivity index (χ1v) is 6.26. The van der Waals surface area contributed by atoms with E-state index in [1.807, 2.05) is 45.2 Å². The highest BCUT2D eigenvalue weighted by Gasteiger charge is 2.06. The van der Waals surface area contributed by atoms with E-state index in [1.54, 1.807) is 0 Å². The zero-order chi connectivity index (χ0) is 13.4. The molecule has 1 rings (SSSR count). The fourth-order valence-electron chi connectivity index (χ4n) is 1.55. The Morgan fingerprint density at radius 2 is 2.22 bits per heavy atom. The summed E-state index contributed by atoms with van der Waals surface area (Å²) in [4.78, 5) is 11.4. The van der Waals surface area contributed by atoms with Gasteiger partial charge in [-0.3, -0.25) is 4.79 Å². The lowest BCUT2D eigenvalue weighted by Crippen LogP contribution is -2.34. The van der Waals surface area contributed by atoms with E-state index in [0.717, 1.165) is 11.3 Å². The maximum absolute atomic E-state index is 11.4. The van der Waals surface area contributed by atoms with Crippen molar-refractivity contribution in [1.82, 2.24) is 10.6 Å². The van der Waals surface area contributed by atoms with Crippen molar-refractivity contribution in [3.05, 3.63) is 29.8 Å². The quantitative estimate of drug-likeness (QED) is 0.771. The second kappa shape index (κ2) is 7.71. The number of ether oxygens (including phenoxy) is 1. The van der Waals surface area contributed by atoms with Crippen molar-refractivity contribution in [3.63, 3.8) is 0 Å². The summed E-state index contributed by atoms with van der Waals surface area (Å²) >= 11 is 0. The maximum Gasteiger partial charge on any atom is 0.221 e. The third-order valence-electron chi connectivity index (χ3n) is 2.52. The summed E-state index contributed by atoms with van der Waals surface area (Å²) in [7, 11) is 1.83. The van der Waals surface area contributed by atoms with Gasteiger partial charge in [0.1, 0.15) is 11.9 Å². The molecule has 0 bridgehead atoms. The van der Waals surface area contributed by atoms with Gasteiger partial charge in [0.15, 0.2) is 0 Å². The van der Waals surface area contributed by atoms with Crippen LogP contribution in [0.4, 0.5) is 0 Å². The van der Waals surface area contributed by atoms with Crippen molar-refractivity contribution in [2.24, 2.45) is 0 Å². The van der Waals surface area contributed by atoms with E-state index in [1.165, 1.54) is 0 Å². The first kappa shape index (κ1) is 14.5. The molecule has 1 aromatic rings. The lowest BCUT2D eigenvalue weighted by Gasteiger charge is -2.15. The van der Waals surface area contributed by atoms with Crippen molar-refractivity contribution in [3.8, 4) is 5.75 Å². The minimum absolute atomic E-state index is 0.0367. The number of hydrogen-bond acceptors (Lipinski definition) is 3. The Morgan fingerprint density at radius 3 is 2.89 bits per heavy atom. The molecule has 4 heteroatoms. The molecule has 1 aromatic carbocycles. The molecule has 1 atom stereocenters. The number of benzene rings is 1. The molecule has 1 amide bonds. The number of carbonyl (C=O) groups is 1. The summed E-state index contributed by atoms with van der Waals surface area (Å²) in [5, 5.41) is 5.79. The van der Waals surface area contributed by atoms with Crippen LogP contribution in [0.5, 0.6) is 5.75 Å². The monoisotopic (exact) mass is 250 g/mol.